The van der Waals surface area contributed by atoms with Gasteiger partial charge in [-0.05, 0) is 39.0 Å². The summed E-state index contributed by atoms with van der Waals surface area (Å²) in [6, 6.07) is -0.196. The second kappa shape index (κ2) is 7.50. The average molecular weight is 284 g/mol. The van der Waals surface area contributed by atoms with Crippen LogP contribution in [0.5, 0.6) is 0 Å². The third-order valence-corrected chi connectivity index (χ3v) is 4.08. The highest BCUT2D eigenvalue weighted by Gasteiger charge is 2.31. The van der Waals surface area contributed by atoms with Crippen LogP contribution < -0.4 is 10.6 Å². The average Bonchev–Trinajstić information content (AvgIpc) is 2.35. The van der Waals surface area contributed by atoms with E-state index < -0.39 is 5.97 Å². The predicted molar refractivity (Wildman–Crippen MR) is 78.6 cm³/mol. The Bertz CT molecular complexity index is 342. The molecule has 20 heavy (non-hydrogen) atoms. The van der Waals surface area contributed by atoms with Crippen molar-refractivity contribution in [1.29, 1.82) is 0 Å². The lowest BCUT2D eigenvalue weighted by molar-refractivity contribution is -0.144. The van der Waals surface area contributed by atoms with Crippen molar-refractivity contribution in [1.82, 2.24) is 10.6 Å². The Hall–Kier alpha value is -1.26. The van der Waals surface area contributed by atoms with Crippen molar-refractivity contribution in [2.24, 2.45) is 11.8 Å². The number of carboxylic acid groups (broad SMARTS) is 1. The van der Waals surface area contributed by atoms with Gasteiger partial charge in [0.1, 0.15) is 0 Å². The van der Waals surface area contributed by atoms with Crippen LogP contribution in [-0.2, 0) is 4.79 Å². The van der Waals surface area contributed by atoms with Crippen LogP contribution in [0.2, 0.25) is 0 Å². The van der Waals surface area contributed by atoms with Crippen molar-refractivity contribution >= 4 is 12.0 Å². The van der Waals surface area contributed by atoms with Gasteiger partial charge in [0.05, 0.1) is 5.92 Å². The van der Waals surface area contributed by atoms with Gasteiger partial charge < -0.3 is 15.7 Å². The highest BCUT2D eigenvalue weighted by Crippen LogP contribution is 2.29. The Morgan fingerprint density at radius 2 is 1.90 bits per heavy atom. The molecule has 1 aliphatic rings. The van der Waals surface area contributed by atoms with E-state index in [1.54, 1.807) is 0 Å². The molecule has 2 unspecified atom stereocenters. The van der Waals surface area contributed by atoms with Crippen LogP contribution in [-0.4, -0.2) is 29.2 Å². The number of hydrogen-bond acceptors (Lipinski definition) is 2. The van der Waals surface area contributed by atoms with Crippen LogP contribution in [0.3, 0.4) is 0 Å². The van der Waals surface area contributed by atoms with Gasteiger partial charge in [0.15, 0.2) is 0 Å². The molecule has 0 radical (unpaired) electrons. The highest BCUT2D eigenvalue weighted by molar-refractivity contribution is 5.75. The molecule has 0 spiro atoms. The molecule has 0 aromatic heterocycles. The van der Waals surface area contributed by atoms with Crippen LogP contribution in [0.4, 0.5) is 4.79 Å². The number of aliphatic carboxylic acids is 1. The van der Waals surface area contributed by atoms with E-state index in [9.17, 15) is 14.7 Å². The van der Waals surface area contributed by atoms with Gasteiger partial charge in [-0.3, -0.25) is 4.79 Å². The number of carbonyl (C=O) groups excluding carboxylic acids is 1. The van der Waals surface area contributed by atoms with Crippen molar-refractivity contribution in [3.63, 3.8) is 0 Å². The number of rotatable bonds is 6. The Balaban J connectivity index is 2.41. The molecule has 0 aromatic rings. The molecule has 5 nitrogen and oxygen atoms in total. The van der Waals surface area contributed by atoms with Crippen molar-refractivity contribution in [3.05, 3.63) is 0 Å². The quantitative estimate of drug-likeness (QED) is 0.701. The molecule has 0 saturated heterocycles. The lowest BCUT2D eigenvalue weighted by Crippen LogP contribution is -2.50. The fourth-order valence-electron chi connectivity index (χ4n) is 3.04. The Labute approximate surface area is 121 Å². The van der Waals surface area contributed by atoms with Gasteiger partial charge in [0, 0.05) is 12.1 Å². The Morgan fingerprint density at radius 1 is 1.25 bits per heavy atom. The first kappa shape index (κ1) is 16.8. The maximum atomic E-state index is 11.9. The lowest BCUT2D eigenvalue weighted by Gasteiger charge is -2.30. The first-order valence-electron chi connectivity index (χ1n) is 7.64. The normalized spacial score (nSPS) is 23.1. The van der Waals surface area contributed by atoms with Crippen LogP contribution in [0.1, 0.15) is 59.3 Å². The van der Waals surface area contributed by atoms with Crippen LogP contribution in [0.15, 0.2) is 0 Å². The first-order chi connectivity index (χ1) is 9.35. The van der Waals surface area contributed by atoms with Gasteiger partial charge in [0.2, 0.25) is 0 Å². The zero-order valence-corrected chi connectivity index (χ0v) is 12.9. The molecular formula is C15H28N2O3. The van der Waals surface area contributed by atoms with E-state index in [1.165, 1.54) is 0 Å². The van der Waals surface area contributed by atoms with E-state index in [0.717, 1.165) is 38.5 Å². The molecule has 5 heteroatoms. The van der Waals surface area contributed by atoms with Crippen molar-refractivity contribution < 1.29 is 14.7 Å². The molecule has 1 fully saturated rings. The fourth-order valence-corrected chi connectivity index (χ4v) is 3.04. The van der Waals surface area contributed by atoms with Gasteiger partial charge >= 0.3 is 12.0 Å². The summed E-state index contributed by atoms with van der Waals surface area (Å²) >= 11 is 0. The number of hydrogen-bond donors (Lipinski definition) is 3. The van der Waals surface area contributed by atoms with Crippen LogP contribution in [0.25, 0.3) is 0 Å². The van der Waals surface area contributed by atoms with E-state index in [2.05, 4.69) is 17.6 Å². The largest absolute Gasteiger partial charge is 0.481 e. The third kappa shape index (κ3) is 5.39. The minimum atomic E-state index is -0.733. The van der Waals surface area contributed by atoms with Crippen LogP contribution in [0, 0.1) is 11.8 Å². The lowest BCUT2D eigenvalue weighted by atomic mass is 9.79. The predicted octanol–water partition coefficient (Wildman–Crippen LogP) is 2.76. The molecule has 1 aliphatic carbocycles. The molecule has 116 valence electrons. The molecule has 2 atom stereocenters. The molecule has 3 N–H and O–H groups in total. The zero-order valence-electron chi connectivity index (χ0n) is 12.9. The summed E-state index contributed by atoms with van der Waals surface area (Å²) in [4.78, 5) is 23.1. The van der Waals surface area contributed by atoms with E-state index in [4.69, 9.17) is 0 Å². The Kier molecular flexibility index (Phi) is 6.30. The number of urea groups is 1. The van der Waals surface area contributed by atoms with Crippen molar-refractivity contribution in [2.75, 3.05) is 6.54 Å². The summed E-state index contributed by atoms with van der Waals surface area (Å²) in [6.45, 7) is 6.53. The molecule has 0 aliphatic heterocycles. The summed E-state index contributed by atoms with van der Waals surface area (Å²) in [5.74, 6) is -0.989. The summed E-state index contributed by atoms with van der Waals surface area (Å²) < 4.78 is 0. The maximum absolute atomic E-state index is 11.9. The van der Waals surface area contributed by atoms with E-state index in [-0.39, 0.29) is 23.4 Å². The highest BCUT2D eigenvalue weighted by atomic mass is 16.4. The van der Waals surface area contributed by atoms with Gasteiger partial charge in [-0.2, -0.15) is 0 Å². The van der Waals surface area contributed by atoms with Gasteiger partial charge in [-0.25, -0.2) is 4.79 Å². The molecule has 1 rings (SSSR count). The molecule has 0 heterocycles. The second-order valence-corrected chi connectivity index (χ2v) is 6.46. The van der Waals surface area contributed by atoms with E-state index in [1.807, 2.05) is 13.8 Å². The number of amides is 2. The second-order valence-electron chi connectivity index (χ2n) is 6.46. The van der Waals surface area contributed by atoms with E-state index in [0.29, 0.717) is 6.54 Å². The minimum Gasteiger partial charge on any atom is -0.481 e. The van der Waals surface area contributed by atoms with Crippen molar-refractivity contribution in [3.8, 4) is 0 Å². The molecule has 0 bridgehead atoms. The molecule has 2 amide bonds. The minimum absolute atomic E-state index is 0.0567. The van der Waals surface area contributed by atoms with Gasteiger partial charge in [-0.15, -0.1) is 0 Å². The van der Waals surface area contributed by atoms with E-state index >= 15 is 0 Å². The first-order valence-corrected chi connectivity index (χ1v) is 7.64. The summed E-state index contributed by atoms with van der Waals surface area (Å²) in [5.41, 5.74) is -0.225. The standard InChI is InChI=1S/C15H28N2O3/c1-4-9-15(2,3)17-14(20)16-10-11-7-5-6-8-12(11)13(18)19/h11-12H,4-10H2,1-3H3,(H,18,19)(H2,16,17,20). The van der Waals surface area contributed by atoms with Crippen LogP contribution >= 0.6 is 0 Å². The SMILES string of the molecule is CCCC(C)(C)NC(=O)NCC1CCCCC1C(=O)O. The third-order valence-electron chi connectivity index (χ3n) is 4.08. The Morgan fingerprint density at radius 3 is 2.50 bits per heavy atom. The smallest absolute Gasteiger partial charge is 0.315 e. The summed E-state index contributed by atoms with van der Waals surface area (Å²) in [6.07, 6.45) is 5.57. The number of carboxylic acids is 1. The maximum Gasteiger partial charge on any atom is 0.315 e. The monoisotopic (exact) mass is 284 g/mol. The topological polar surface area (TPSA) is 78.4 Å². The number of nitrogens with one attached hydrogen (secondary N) is 2. The summed E-state index contributed by atoms with van der Waals surface area (Å²) in [5, 5.41) is 15.0. The van der Waals surface area contributed by atoms with Gasteiger partial charge in [-0.1, -0.05) is 26.2 Å². The van der Waals surface area contributed by atoms with Crippen molar-refractivity contribution in [2.45, 2.75) is 64.8 Å². The molecule has 0 aromatic carbocycles. The number of carbonyl (C=O) groups is 2. The zero-order chi connectivity index (χ0) is 15.2. The summed E-state index contributed by atoms with van der Waals surface area (Å²) in [7, 11) is 0. The van der Waals surface area contributed by atoms with Gasteiger partial charge in [0.25, 0.3) is 0 Å². The fraction of sp³-hybridized carbons (Fsp3) is 0.867. The molecule has 1 saturated carbocycles. The molecular weight excluding hydrogens is 256 g/mol.